The van der Waals surface area contributed by atoms with Crippen LogP contribution < -0.4 is 0 Å². The van der Waals surface area contributed by atoms with Gasteiger partial charge in [-0.2, -0.15) is 0 Å². The Morgan fingerprint density at radius 3 is 2.03 bits per heavy atom. The lowest BCUT2D eigenvalue weighted by atomic mass is 9.83. The van der Waals surface area contributed by atoms with E-state index in [9.17, 15) is 5.11 Å². The molecule has 0 bridgehead atoms. The van der Waals surface area contributed by atoms with Crippen LogP contribution in [0.4, 0.5) is 0 Å². The number of aliphatic hydroxyl groups excluding tert-OH is 1. The van der Waals surface area contributed by atoms with Crippen LogP contribution in [0.1, 0.15) is 47.5 Å². The quantitative estimate of drug-likeness (QED) is 0.383. The van der Waals surface area contributed by atoms with Gasteiger partial charge in [-0.3, -0.25) is 0 Å². The van der Waals surface area contributed by atoms with Gasteiger partial charge >= 0.3 is 0 Å². The molecule has 7 nitrogen and oxygen atoms in total. The van der Waals surface area contributed by atoms with Crippen molar-refractivity contribution < 1.29 is 33.5 Å². The van der Waals surface area contributed by atoms with E-state index in [1.165, 1.54) is 0 Å². The van der Waals surface area contributed by atoms with Crippen molar-refractivity contribution >= 4 is 0 Å². The molecule has 33 heavy (non-hydrogen) atoms. The summed E-state index contributed by atoms with van der Waals surface area (Å²) in [7, 11) is 8.24. The van der Waals surface area contributed by atoms with Crippen molar-refractivity contribution in [1.29, 1.82) is 0 Å². The molecule has 0 aromatic rings. The van der Waals surface area contributed by atoms with Gasteiger partial charge in [0.15, 0.2) is 6.29 Å². The molecule has 1 heterocycles. The van der Waals surface area contributed by atoms with Crippen molar-refractivity contribution in [3.8, 4) is 0 Å². The smallest absolute Gasteiger partial charge is 0.186 e. The van der Waals surface area contributed by atoms with E-state index in [1.54, 1.807) is 35.5 Å². The Labute approximate surface area is 201 Å². The molecule has 10 atom stereocenters. The molecule has 0 saturated carbocycles. The largest absolute Gasteiger partial charge is 0.393 e. The lowest BCUT2D eigenvalue weighted by Gasteiger charge is -2.44. The van der Waals surface area contributed by atoms with Gasteiger partial charge < -0.3 is 33.5 Å². The molecule has 1 aliphatic rings. The van der Waals surface area contributed by atoms with E-state index in [2.05, 4.69) is 20.8 Å². The SMILES string of the molecule is CC[C@H](OC)[C@@H](C)[C@@H](C)C[C@@H](O)[C@H](C)/C=C/C=C(\C)[C@@H]1O[C@H](OC)[C@H](OC)[C@@H](OC)[C@@H]1OC. The second-order valence-corrected chi connectivity index (χ2v) is 9.24. The highest BCUT2D eigenvalue weighted by Crippen LogP contribution is 2.31. The fraction of sp³-hybridized carbons (Fsp3) is 0.846. The summed E-state index contributed by atoms with van der Waals surface area (Å²) < 4.78 is 34.2. The zero-order valence-corrected chi connectivity index (χ0v) is 22.3. The van der Waals surface area contributed by atoms with E-state index in [-0.39, 0.29) is 30.3 Å². The maximum Gasteiger partial charge on any atom is 0.186 e. The fourth-order valence-corrected chi connectivity index (χ4v) is 4.68. The minimum absolute atomic E-state index is 0.0214. The lowest BCUT2D eigenvalue weighted by Crippen LogP contribution is -2.60. The topological polar surface area (TPSA) is 75.6 Å². The Bertz CT molecular complexity index is 589. The minimum atomic E-state index is -0.563. The van der Waals surface area contributed by atoms with Gasteiger partial charge in [0.1, 0.15) is 24.4 Å². The Kier molecular flexibility index (Phi) is 14.0. The van der Waals surface area contributed by atoms with Crippen molar-refractivity contribution in [2.75, 3.05) is 35.5 Å². The highest BCUT2D eigenvalue weighted by atomic mass is 16.7. The van der Waals surface area contributed by atoms with Crippen LogP contribution in [-0.4, -0.2) is 83.6 Å². The predicted molar refractivity (Wildman–Crippen MR) is 130 cm³/mol. The Hall–Kier alpha value is -0.800. The van der Waals surface area contributed by atoms with Gasteiger partial charge in [0, 0.05) is 41.5 Å². The van der Waals surface area contributed by atoms with Crippen LogP contribution in [0.2, 0.25) is 0 Å². The summed E-state index contributed by atoms with van der Waals surface area (Å²) in [6, 6.07) is 0. The zero-order valence-electron chi connectivity index (χ0n) is 22.3. The Morgan fingerprint density at radius 2 is 1.55 bits per heavy atom. The summed E-state index contributed by atoms with van der Waals surface area (Å²) in [6.45, 7) is 10.6. The molecule has 1 saturated heterocycles. The highest BCUT2D eigenvalue weighted by Gasteiger charge is 2.47. The van der Waals surface area contributed by atoms with Gasteiger partial charge in [-0.25, -0.2) is 0 Å². The van der Waals surface area contributed by atoms with E-state index in [0.29, 0.717) is 11.8 Å². The van der Waals surface area contributed by atoms with Crippen LogP contribution in [0, 0.1) is 17.8 Å². The molecule has 0 aliphatic carbocycles. The van der Waals surface area contributed by atoms with E-state index in [4.69, 9.17) is 28.4 Å². The Balaban J connectivity index is 2.83. The van der Waals surface area contributed by atoms with Crippen molar-refractivity contribution in [1.82, 2.24) is 0 Å². The van der Waals surface area contributed by atoms with E-state index in [1.807, 2.05) is 32.1 Å². The molecule has 0 aromatic carbocycles. The third kappa shape index (κ3) is 8.13. The zero-order chi connectivity index (χ0) is 25.1. The molecule has 0 aromatic heterocycles. The van der Waals surface area contributed by atoms with Gasteiger partial charge in [0.25, 0.3) is 0 Å². The van der Waals surface area contributed by atoms with Gasteiger partial charge in [0.2, 0.25) is 0 Å². The van der Waals surface area contributed by atoms with Crippen LogP contribution in [0.25, 0.3) is 0 Å². The number of aliphatic hydroxyl groups is 1. The van der Waals surface area contributed by atoms with Crippen molar-refractivity contribution in [2.24, 2.45) is 17.8 Å². The highest BCUT2D eigenvalue weighted by molar-refractivity contribution is 5.19. The molecular weight excluding hydrogens is 424 g/mol. The standard InChI is InChI=1S/C26H48O7/c1-11-21(28-6)19(5)18(4)15-20(27)16(2)13-12-14-17(3)22-23(29-7)24(30-8)25(31-9)26(32-10)33-22/h12-14,16,18-27H,11,15H2,1-10H3/b13-12+,17-14+/t16-,18+,19+,20-,21+,22+,23-,24+,25-,26+/m1/s1. The number of hydrogen-bond donors (Lipinski definition) is 1. The molecule has 0 amide bonds. The van der Waals surface area contributed by atoms with Gasteiger partial charge in [-0.1, -0.05) is 45.9 Å². The first-order valence-corrected chi connectivity index (χ1v) is 12.0. The molecule has 1 N–H and O–H groups in total. The van der Waals surface area contributed by atoms with E-state index in [0.717, 1.165) is 18.4 Å². The molecule has 1 fully saturated rings. The molecule has 0 spiro atoms. The number of methoxy groups -OCH3 is 5. The number of allylic oxidation sites excluding steroid dienone is 2. The first-order chi connectivity index (χ1) is 15.7. The number of hydrogen-bond acceptors (Lipinski definition) is 7. The maximum absolute atomic E-state index is 10.7. The minimum Gasteiger partial charge on any atom is -0.393 e. The van der Waals surface area contributed by atoms with Crippen LogP contribution >= 0.6 is 0 Å². The Morgan fingerprint density at radius 1 is 0.939 bits per heavy atom. The maximum atomic E-state index is 10.7. The monoisotopic (exact) mass is 472 g/mol. The summed E-state index contributed by atoms with van der Waals surface area (Å²) in [5.41, 5.74) is 0.978. The average Bonchev–Trinajstić information content (AvgIpc) is 2.82. The molecule has 0 unspecified atom stereocenters. The van der Waals surface area contributed by atoms with Gasteiger partial charge in [-0.15, -0.1) is 0 Å². The van der Waals surface area contributed by atoms with E-state index >= 15 is 0 Å². The second-order valence-electron chi connectivity index (χ2n) is 9.24. The molecule has 0 radical (unpaired) electrons. The van der Waals surface area contributed by atoms with E-state index < -0.39 is 18.5 Å². The lowest BCUT2D eigenvalue weighted by molar-refractivity contribution is -0.295. The first kappa shape index (κ1) is 30.2. The summed E-state index contributed by atoms with van der Waals surface area (Å²) in [4.78, 5) is 0. The molecule has 7 heteroatoms. The number of rotatable bonds is 14. The third-order valence-electron chi connectivity index (χ3n) is 7.18. The third-order valence-corrected chi connectivity index (χ3v) is 7.18. The van der Waals surface area contributed by atoms with Crippen LogP contribution in [0.5, 0.6) is 0 Å². The molecule has 1 rings (SSSR count). The van der Waals surface area contributed by atoms with Gasteiger partial charge in [0.05, 0.1) is 12.2 Å². The second kappa shape index (κ2) is 15.2. The summed E-state index contributed by atoms with van der Waals surface area (Å²) in [5.74, 6) is 0.774. The molecular formula is C26H48O7. The number of ether oxygens (including phenoxy) is 6. The first-order valence-electron chi connectivity index (χ1n) is 12.0. The van der Waals surface area contributed by atoms with Crippen molar-refractivity contribution in [3.05, 3.63) is 23.8 Å². The van der Waals surface area contributed by atoms with Crippen molar-refractivity contribution in [3.63, 3.8) is 0 Å². The summed E-state index contributed by atoms with van der Waals surface area (Å²) in [6.07, 6.45) is 5.54. The van der Waals surface area contributed by atoms with Gasteiger partial charge in [-0.05, 0) is 37.2 Å². The predicted octanol–water partition coefficient (Wildman–Crippen LogP) is 3.99. The van der Waals surface area contributed by atoms with Crippen molar-refractivity contribution in [2.45, 2.75) is 90.4 Å². The normalized spacial score (nSPS) is 31.4. The van der Waals surface area contributed by atoms with Crippen LogP contribution in [0.15, 0.2) is 23.8 Å². The average molecular weight is 473 g/mol. The van der Waals surface area contributed by atoms with Crippen LogP contribution in [0.3, 0.4) is 0 Å². The van der Waals surface area contributed by atoms with Crippen LogP contribution in [-0.2, 0) is 28.4 Å². The molecule has 1 aliphatic heterocycles. The summed E-state index contributed by atoms with van der Waals surface area (Å²) in [5, 5.41) is 10.7. The molecule has 194 valence electrons. The fourth-order valence-electron chi connectivity index (χ4n) is 4.68. The summed E-state index contributed by atoms with van der Waals surface area (Å²) >= 11 is 0.